The van der Waals surface area contributed by atoms with Gasteiger partial charge in [-0.3, -0.25) is 4.79 Å². The molecule has 1 N–H and O–H groups in total. The van der Waals surface area contributed by atoms with E-state index >= 15 is 0 Å². The molecule has 5 heteroatoms. The molecule has 4 nitrogen and oxygen atoms in total. The van der Waals surface area contributed by atoms with Crippen molar-refractivity contribution in [3.63, 3.8) is 0 Å². The summed E-state index contributed by atoms with van der Waals surface area (Å²) in [5.41, 5.74) is 1.17. The average molecular weight is 328 g/mol. The molecule has 1 unspecified atom stereocenters. The van der Waals surface area contributed by atoms with Crippen LogP contribution in [0.3, 0.4) is 0 Å². The van der Waals surface area contributed by atoms with E-state index in [2.05, 4.69) is 20.8 Å². The first-order valence-electron chi connectivity index (χ1n) is 6.23. The number of hydrogen-bond acceptors (Lipinski definition) is 4. The lowest BCUT2D eigenvalue weighted by Gasteiger charge is -2.43. The Hall–Kier alpha value is -0.910. The zero-order valence-electron chi connectivity index (χ0n) is 11.1. The van der Waals surface area contributed by atoms with Gasteiger partial charge in [0.15, 0.2) is 6.29 Å². The molecule has 1 aliphatic rings. The molecule has 1 aliphatic heterocycles. The zero-order valence-corrected chi connectivity index (χ0v) is 12.7. The maximum atomic E-state index is 11.2. The predicted octanol–water partition coefficient (Wildman–Crippen LogP) is 2.24. The van der Waals surface area contributed by atoms with Crippen LogP contribution in [0.1, 0.15) is 24.2 Å². The summed E-state index contributed by atoms with van der Waals surface area (Å²) in [6, 6.07) is 5.57. The van der Waals surface area contributed by atoms with Crippen LogP contribution in [0.25, 0.3) is 0 Å². The number of carbonyl (C=O) groups excluding carboxylic acids is 1. The number of rotatable bonds is 3. The van der Waals surface area contributed by atoms with E-state index in [9.17, 15) is 9.90 Å². The maximum absolute atomic E-state index is 11.2. The third-order valence-corrected chi connectivity index (χ3v) is 3.64. The van der Waals surface area contributed by atoms with Gasteiger partial charge in [0.1, 0.15) is 0 Å². The van der Waals surface area contributed by atoms with Gasteiger partial charge in [0.05, 0.1) is 18.3 Å². The van der Waals surface area contributed by atoms with Crippen LogP contribution in [0.15, 0.2) is 22.7 Å². The molecule has 1 fully saturated rings. The van der Waals surface area contributed by atoms with Gasteiger partial charge in [0, 0.05) is 28.8 Å². The van der Waals surface area contributed by atoms with Crippen molar-refractivity contribution < 1.29 is 14.6 Å². The summed E-state index contributed by atoms with van der Waals surface area (Å²) in [7, 11) is 0. The Kier molecular flexibility index (Phi) is 4.28. The molecule has 0 saturated carbocycles. The Bertz CT molecular complexity index is 476. The predicted molar refractivity (Wildman–Crippen MR) is 77.8 cm³/mol. The van der Waals surface area contributed by atoms with Crippen molar-refractivity contribution in [2.45, 2.75) is 25.6 Å². The normalized spacial score (nSPS) is 22.3. The van der Waals surface area contributed by atoms with Crippen molar-refractivity contribution in [2.24, 2.45) is 0 Å². The fourth-order valence-electron chi connectivity index (χ4n) is 2.46. The molecular formula is C14H18BrNO3. The van der Waals surface area contributed by atoms with E-state index in [1.54, 1.807) is 6.07 Å². The van der Waals surface area contributed by atoms with Crippen LogP contribution >= 0.6 is 15.9 Å². The smallest absolute Gasteiger partial charge is 0.152 e. The molecule has 1 heterocycles. The van der Waals surface area contributed by atoms with Gasteiger partial charge < -0.3 is 14.7 Å². The summed E-state index contributed by atoms with van der Waals surface area (Å²) in [6.45, 7) is 5.21. The molecule has 104 valence electrons. The number of aldehydes is 1. The van der Waals surface area contributed by atoms with E-state index in [4.69, 9.17) is 4.74 Å². The third kappa shape index (κ3) is 3.35. The molecule has 0 bridgehead atoms. The Morgan fingerprint density at radius 2 is 2.32 bits per heavy atom. The average Bonchev–Trinajstić information content (AvgIpc) is 2.36. The van der Waals surface area contributed by atoms with E-state index in [0.717, 1.165) is 16.4 Å². The molecule has 0 aromatic heterocycles. The van der Waals surface area contributed by atoms with E-state index in [1.165, 1.54) is 0 Å². The minimum atomic E-state index is -0.353. The van der Waals surface area contributed by atoms with Gasteiger partial charge in [-0.15, -0.1) is 0 Å². The lowest BCUT2D eigenvalue weighted by Crippen LogP contribution is -2.54. The summed E-state index contributed by atoms with van der Waals surface area (Å²) >= 11 is 3.43. The van der Waals surface area contributed by atoms with Crippen molar-refractivity contribution in [1.29, 1.82) is 0 Å². The first-order valence-corrected chi connectivity index (χ1v) is 7.03. The Labute approximate surface area is 121 Å². The van der Waals surface area contributed by atoms with Crippen molar-refractivity contribution in [3.05, 3.63) is 28.2 Å². The molecule has 19 heavy (non-hydrogen) atoms. The van der Waals surface area contributed by atoms with Gasteiger partial charge in [0.25, 0.3) is 0 Å². The van der Waals surface area contributed by atoms with Crippen LogP contribution in [0.5, 0.6) is 0 Å². The second-order valence-corrected chi connectivity index (χ2v) is 6.30. The molecule has 2 rings (SSSR count). The first-order chi connectivity index (χ1) is 8.95. The highest BCUT2D eigenvalue weighted by Crippen LogP contribution is 2.30. The third-order valence-electron chi connectivity index (χ3n) is 3.15. The largest absolute Gasteiger partial charge is 0.394 e. The maximum Gasteiger partial charge on any atom is 0.152 e. The Morgan fingerprint density at radius 3 is 2.95 bits per heavy atom. The highest BCUT2D eigenvalue weighted by molar-refractivity contribution is 9.10. The molecule has 0 amide bonds. The molecular weight excluding hydrogens is 310 g/mol. The number of morpholine rings is 1. The number of aliphatic hydroxyl groups is 1. The topological polar surface area (TPSA) is 49.8 Å². The summed E-state index contributed by atoms with van der Waals surface area (Å²) in [4.78, 5) is 13.3. The fraction of sp³-hybridized carbons (Fsp3) is 0.500. The number of halogens is 1. The highest BCUT2D eigenvalue weighted by Gasteiger charge is 2.33. The summed E-state index contributed by atoms with van der Waals surface area (Å²) in [5, 5.41) is 9.34. The second-order valence-electron chi connectivity index (χ2n) is 5.38. The first kappa shape index (κ1) is 14.5. The van der Waals surface area contributed by atoms with Gasteiger partial charge >= 0.3 is 0 Å². The quantitative estimate of drug-likeness (QED) is 0.865. The van der Waals surface area contributed by atoms with E-state index in [1.807, 2.05) is 26.0 Å². The summed E-state index contributed by atoms with van der Waals surface area (Å²) in [5.74, 6) is 0. The second kappa shape index (κ2) is 5.61. The van der Waals surface area contributed by atoms with Crippen LogP contribution in [-0.2, 0) is 4.74 Å². The minimum absolute atomic E-state index is 0.0235. The molecule has 0 radical (unpaired) electrons. The molecule has 1 aromatic rings. The SMILES string of the molecule is CC1(C)CN(c2cc(Br)ccc2C=O)CC(CO)O1. The Balaban J connectivity index is 2.34. The lowest BCUT2D eigenvalue weighted by atomic mass is 10.0. The number of carbonyl (C=O) groups is 1. The fourth-order valence-corrected chi connectivity index (χ4v) is 2.81. The van der Waals surface area contributed by atoms with E-state index < -0.39 is 0 Å². The van der Waals surface area contributed by atoms with Gasteiger partial charge in [-0.1, -0.05) is 15.9 Å². The zero-order chi connectivity index (χ0) is 14.0. The van der Waals surface area contributed by atoms with Gasteiger partial charge in [-0.05, 0) is 32.0 Å². The van der Waals surface area contributed by atoms with E-state index in [0.29, 0.717) is 18.7 Å². The number of hydrogen-bond donors (Lipinski definition) is 1. The van der Waals surface area contributed by atoms with E-state index in [-0.39, 0.29) is 18.3 Å². The van der Waals surface area contributed by atoms with Gasteiger partial charge in [-0.2, -0.15) is 0 Å². The van der Waals surface area contributed by atoms with Crippen molar-refractivity contribution >= 4 is 27.9 Å². The van der Waals surface area contributed by atoms with Crippen molar-refractivity contribution in [3.8, 4) is 0 Å². The Morgan fingerprint density at radius 1 is 1.58 bits per heavy atom. The minimum Gasteiger partial charge on any atom is -0.394 e. The number of anilines is 1. The molecule has 1 aromatic carbocycles. The van der Waals surface area contributed by atoms with Crippen molar-refractivity contribution in [1.82, 2.24) is 0 Å². The van der Waals surface area contributed by atoms with Crippen molar-refractivity contribution in [2.75, 3.05) is 24.6 Å². The van der Waals surface area contributed by atoms with Crippen LogP contribution in [0.4, 0.5) is 5.69 Å². The lowest BCUT2D eigenvalue weighted by molar-refractivity contribution is -0.101. The summed E-state index contributed by atoms with van der Waals surface area (Å²) < 4.78 is 6.72. The van der Waals surface area contributed by atoms with Crippen LogP contribution in [0.2, 0.25) is 0 Å². The van der Waals surface area contributed by atoms with Gasteiger partial charge in [0.2, 0.25) is 0 Å². The van der Waals surface area contributed by atoms with Crippen LogP contribution in [-0.4, -0.2) is 42.8 Å². The highest BCUT2D eigenvalue weighted by atomic mass is 79.9. The standard InChI is InChI=1S/C14H18BrNO3/c1-14(2)9-16(6-12(8-18)19-14)13-5-11(15)4-3-10(13)7-17/h3-5,7,12,18H,6,8-9H2,1-2H3. The molecule has 1 atom stereocenters. The molecule has 1 saturated heterocycles. The summed E-state index contributed by atoms with van der Waals surface area (Å²) in [6.07, 6.45) is 0.625. The number of aliphatic hydroxyl groups excluding tert-OH is 1. The molecule has 0 spiro atoms. The van der Waals surface area contributed by atoms with Gasteiger partial charge in [-0.25, -0.2) is 0 Å². The number of benzene rings is 1. The van der Waals surface area contributed by atoms with Crippen LogP contribution in [0, 0.1) is 0 Å². The monoisotopic (exact) mass is 327 g/mol. The van der Waals surface area contributed by atoms with Crippen LogP contribution < -0.4 is 4.90 Å². The number of nitrogens with zero attached hydrogens (tertiary/aromatic N) is 1. The molecule has 0 aliphatic carbocycles. The number of ether oxygens (including phenoxy) is 1.